The first-order chi connectivity index (χ1) is 7.72. The van der Waals surface area contributed by atoms with Crippen LogP contribution in [0.15, 0.2) is 16.7 Å². The van der Waals surface area contributed by atoms with Gasteiger partial charge in [-0.25, -0.2) is 4.98 Å². The fraction of sp³-hybridized carbons (Fsp3) is 0.400. The summed E-state index contributed by atoms with van der Waals surface area (Å²) in [6, 6.07) is 1.73. The molecule has 1 fully saturated rings. The van der Waals surface area contributed by atoms with Crippen LogP contribution in [0.4, 0.5) is 5.82 Å². The highest BCUT2D eigenvalue weighted by Gasteiger charge is 2.43. The van der Waals surface area contributed by atoms with E-state index in [0.29, 0.717) is 16.9 Å². The quantitative estimate of drug-likeness (QED) is 0.800. The van der Waals surface area contributed by atoms with E-state index in [0.717, 1.165) is 12.8 Å². The second-order valence-corrected chi connectivity index (χ2v) is 4.38. The maximum absolute atomic E-state index is 9.24. The Bertz CT molecular complexity index is 536. The van der Waals surface area contributed by atoms with Crippen LogP contribution in [-0.2, 0) is 0 Å². The van der Waals surface area contributed by atoms with Crippen LogP contribution in [0.3, 0.4) is 0 Å². The summed E-state index contributed by atoms with van der Waals surface area (Å²) in [5, 5.41) is 12.6. The van der Waals surface area contributed by atoms with E-state index in [2.05, 4.69) is 15.3 Å². The molecule has 1 aliphatic rings. The number of aliphatic hydroxyl groups is 1. The minimum atomic E-state index is -0.253. The van der Waals surface area contributed by atoms with Crippen molar-refractivity contribution in [3.8, 4) is 0 Å². The molecule has 16 heavy (non-hydrogen) atoms. The van der Waals surface area contributed by atoms with Gasteiger partial charge < -0.3 is 14.8 Å². The molecule has 84 valence electrons. The number of anilines is 1. The van der Waals surface area contributed by atoms with Crippen molar-refractivity contribution in [1.82, 2.24) is 9.97 Å². The topological polar surface area (TPSA) is 71.2 Å². The number of rotatable bonds is 3. The van der Waals surface area contributed by atoms with Gasteiger partial charge >= 0.3 is 0 Å². The number of hydrogen-bond acceptors (Lipinski definition) is 5. The Labute approximate surface area is 96.4 Å². The van der Waals surface area contributed by atoms with Gasteiger partial charge in [0, 0.05) is 6.07 Å². The SMILES string of the molecule is OCC1(Nc2nc(Cl)nc3ccoc23)CC1. The average Bonchev–Trinajstić information content (AvgIpc) is 2.87. The van der Waals surface area contributed by atoms with Crippen LogP contribution in [0.1, 0.15) is 12.8 Å². The lowest BCUT2D eigenvalue weighted by Gasteiger charge is -2.14. The fourth-order valence-electron chi connectivity index (χ4n) is 1.64. The van der Waals surface area contributed by atoms with Crippen LogP contribution in [0, 0.1) is 0 Å². The minimum absolute atomic E-state index is 0.0802. The van der Waals surface area contributed by atoms with E-state index in [1.807, 2.05) is 0 Å². The maximum Gasteiger partial charge on any atom is 0.225 e. The summed E-state index contributed by atoms with van der Waals surface area (Å²) in [6.07, 6.45) is 3.39. The summed E-state index contributed by atoms with van der Waals surface area (Å²) < 4.78 is 5.29. The predicted octanol–water partition coefficient (Wildman–Crippen LogP) is 1.81. The minimum Gasteiger partial charge on any atom is -0.459 e. The molecule has 0 radical (unpaired) electrons. The van der Waals surface area contributed by atoms with Crippen molar-refractivity contribution in [2.45, 2.75) is 18.4 Å². The summed E-state index contributed by atoms with van der Waals surface area (Å²) in [5.74, 6) is 0.548. The van der Waals surface area contributed by atoms with Crippen LogP contribution < -0.4 is 5.32 Å². The number of nitrogens with zero attached hydrogens (tertiary/aromatic N) is 2. The van der Waals surface area contributed by atoms with Gasteiger partial charge in [-0.15, -0.1) is 0 Å². The van der Waals surface area contributed by atoms with Gasteiger partial charge in [0.25, 0.3) is 0 Å². The van der Waals surface area contributed by atoms with E-state index in [1.54, 1.807) is 12.3 Å². The number of fused-ring (bicyclic) bond motifs is 1. The van der Waals surface area contributed by atoms with Crippen molar-refractivity contribution in [3.63, 3.8) is 0 Å². The van der Waals surface area contributed by atoms with E-state index < -0.39 is 0 Å². The third-order valence-electron chi connectivity index (χ3n) is 2.82. The van der Waals surface area contributed by atoms with Crippen molar-refractivity contribution >= 4 is 28.5 Å². The Hall–Kier alpha value is -1.33. The van der Waals surface area contributed by atoms with Crippen molar-refractivity contribution in [3.05, 3.63) is 17.6 Å². The largest absolute Gasteiger partial charge is 0.459 e. The molecule has 3 rings (SSSR count). The van der Waals surface area contributed by atoms with Crippen LogP contribution >= 0.6 is 11.6 Å². The van der Waals surface area contributed by atoms with Gasteiger partial charge in [0.05, 0.1) is 18.4 Å². The highest BCUT2D eigenvalue weighted by Crippen LogP contribution is 2.39. The van der Waals surface area contributed by atoms with Crippen LogP contribution in [0.25, 0.3) is 11.1 Å². The average molecular weight is 240 g/mol. The molecule has 1 aliphatic carbocycles. The first-order valence-electron chi connectivity index (χ1n) is 5.02. The van der Waals surface area contributed by atoms with Crippen LogP contribution in [0.5, 0.6) is 0 Å². The lowest BCUT2D eigenvalue weighted by Crippen LogP contribution is -2.26. The number of furan rings is 1. The molecule has 0 atom stereocenters. The first kappa shape index (κ1) is 9.86. The normalized spacial score (nSPS) is 17.6. The Morgan fingerprint density at radius 1 is 1.50 bits per heavy atom. The molecule has 6 heteroatoms. The fourth-order valence-corrected chi connectivity index (χ4v) is 1.82. The molecule has 1 saturated carbocycles. The molecule has 2 aromatic rings. The third-order valence-corrected chi connectivity index (χ3v) is 2.99. The monoisotopic (exact) mass is 239 g/mol. The summed E-state index contributed by atoms with van der Waals surface area (Å²) in [7, 11) is 0. The van der Waals surface area contributed by atoms with E-state index >= 15 is 0 Å². The molecule has 0 amide bonds. The Kier molecular flexibility index (Phi) is 2.05. The van der Waals surface area contributed by atoms with Crippen LogP contribution in [-0.4, -0.2) is 27.2 Å². The zero-order valence-electron chi connectivity index (χ0n) is 8.40. The third kappa shape index (κ3) is 1.52. The van der Waals surface area contributed by atoms with E-state index in [9.17, 15) is 5.11 Å². The highest BCUT2D eigenvalue weighted by atomic mass is 35.5. The van der Waals surface area contributed by atoms with Crippen molar-refractivity contribution in [2.24, 2.45) is 0 Å². The number of aromatic nitrogens is 2. The molecule has 0 spiro atoms. The van der Waals surface area contributed by atoms with Gasteiger partial charge in [-0.2, -0.15) is 4.98 Å². The Morgan fingerprint density at radius 3 is 3.00 bits per heavy atom. The summed E-state index contributed by atoms with van der Waals surface area (Å²) in [5.41, 5.74) is 0.984. The first-order valence-corrected chi connectivity index (χ1v) is 5.40. The lowest BCUT2D eigenvalue weighted by molar-refractivity contribution is 0.266. The van der Waals surface area contributed by atoms with Crippen molar-refractivity contribution in [1.29, 1.82) is 0 Å². The molecule has 2 heterocycles. The molecule has 0 aliphatic heterocycles. The standard InChI is InChI=1S/C10H10ClN3O2/c11-9-12-6-1-4-16-7(6)8(13-9)14-10(5-15)2-3-10/h1,4,15H,2-3,5H2,(H,12,13,14). The second kappa shape index (κ2) is 3.33. The molecule has 2 N–H and O–H groups in total. The van der Waals surface area contributed by atoms with Crippen molar-refractivity contribution < 1.29 is 9.52 Å². The molecular formula is C10H10ClN3O2. The molecule has 2 aromatic heterocycles. The van der Waals surface area contributed by atoms with Crippen molar-refractivity contribution in [2.75, 3.05) is 11.9 Å². The molecule has 5 nitrogen and oxygen atoms in total. The van der Waals surface area contributed by atoms with E-state index in [-0.39, 0.29) is 17.4 Å². The lowest BCUT2D eigenvalue weighted by atomic mass is 10.3. The summed E-state index contributed by atoms with van der Waals surface area (Å²) in [6.45, 7) is 0.0802. The van der Waals surface area contributed by atoms with E-state index in [1.165, 1.54) is 0 Å². The predicted molar refractivity (Wildman–Crippen MR) is 59.5 cm³/mol. The Morgan fingerprint density at radius 2 is 2.31 bits per heavy atom. The second-order valence-electron chi connectivity index (χ2n) is 4.04. The Balaban J connectivity index is 2.05. The number of nitrogens with one attached hydrogen (secondary N) is 1. The van der Waals surface area contributed by atoms with Gasteiger partial charge in [0.1, 0.15) is 5.52 Å². The highest BCUT2D eigenvalue weighted by molar-refractivity contribution is 6.28. The molecule has 0 aromatic carbocycles. The smallest absolute Gasteiger partial charge is 0.225 e. The number of halogens is 1. The summed E-state index contributed by atoms with van der Waals surface area (Å²) in [4.78, 5) is 8.12. The number of aliphatic hydroxyl groups excluding tert-OH is 1. The van der Waals surface area contributed by atoms with Gasteiger partial charge in [0.2, 0.25) is 5.28 Å². The van der Waals surface area contributed by atoms with Gasteiger partial charge in [-0.1, -0.05) is 0 Å². The molecule has 0 bridgehead atoms. The molecule has 0 saturated heterocycles. The molecule has 0 unspecified atom stereocenters. The zero-order valence-corrected chi connectivity index (χ0v) is 9.16. The summed E-state index contributed by atoms with van der Waals surface area (Å²) >= 11 is 5.81. The maximum atomic E-state index is 9.24. The van der Waals surface area contributed by atoms with E-state index in [4.69, 9.17) is 16.0 Å². The molecular weight excluding hydrogens is 230 g/mol. The number of hydrogen-bond donors (Lipinski definition) is 2. The van der Waals surface area contributed by atoms with Gasteiger partial charge in [-0.05, 0) is 24.4 Å². The van der Waals surface area contributed by atoms with Crippen LogP contribution in [0.2, 0.25) is 5.28 Å². The van der Waals surface area contributed by atoms with Gasteiger partial charge in [0.15, 0.2) is 11.4 Å². The van der Waals surface area contributed by atoms with Gasteiger partial charge in [-0.3, -0.25) is 0 Å². The zero-order chi connectivity index (χ0) is 11.2.